The second-order valence-electron chi connectivity index (χ2n) is 8.49. The van der Waals surface area contributed by atoms with Gasteiger partial charge in [0.15, 0.2) is 11.5 Å². The molecular formula is C24H32N2O6. The third-order valence-electron chi connectivity index (χ3n) is 4.53. The Morgan fingerprint density at radius 2 is 1.69 bits per heavy atom. The number of benzene rings is 2. The van der Waals surface area contributed by atoms with Crippen LogP contribution in [0.3, 0.4) is 0 Å². The summed E-state index contributed by atoms with van der Waals surface area (Å²) in [5.41, 5.74) is 0.980. The Labute approximate surface area is 188 Å². The SMILES string of the molecule is C[C@@H](OCc1ccccc1)[C@H](NC(=O)OC(C)(C)C)C(=O)NCCc1ccc(O)c(O)c1. The van der Waals surface area contributed by atoms with Gasteiger partial charge in [0.2, 0.25) is 5.91 Å². The minimum Gasteiger partial charge on any atom is -0.504 e. The average Bonchev–Trinajstić information content (AvgIpc) is 2.72. The van der Waals surface area contributed by atoms with E-state index in [0.29, 0.717) is 6.42 Å². The highest BCUT2D eigenvalue weighted by Crippen LogP contribution is 2.24. The maximum atomic E-state index is 12.9. The predicted molar refractivity (Wildman–Crippen MR) is 120 cm³/mol. The number of amides is 2. The van der Waals surface area contributed by atoms with Crippen LogP contribution in [0.4, 0.5) is 4.79 Å². The fraction of sp³-hybridized carbons (Fsp3) is 0.417. The smallest absolute Gasteiger partial charge is 0.408 e. The lowest BCUT2D eigenvalue weighted by Gasteiger charge is -2.27. The van der Waals surface area contributed by atoms with Crippen molar-refractivity contribution in [3.05, 3.63) is 59.7 Å². The number of hydrogen-bond donors (Lipinski definition) is 4. The van der Waals surface area contributed by atoms with Crippen molar-refractivity contribution >= 4 is 12.0 Å². The van der Waals surface area contributed by atoms with Gasteiger partial charge in [-0.25, -0.2) is 4.79 Å². The summed E-state index contributed by atoms with van der Waals surface area (Å²) in [5, 5.41) is 24.4. The molecular weight excluding hydrogens is 412 g/mol. The second-order valence-corrected chi connectivity index (χ2v) is 8.49. The van der Waals surface area contributed by atoms with Gasteiger partial charge in [0.05, 0.1) is 12.7 Å². The third-order valence-corrected chi connectivity index (χ3v) is 4.53. The molecule has 2 aromatic rings. The number of hydrogen-bond acceptors (Lipinski definition) is 6. The molecule has 0 spiro atoms. The number of phenols is 2. The van der Waals surface area contributed by atoms with E-state index in [4.69, 9.17) is 9.47 Å². The van der Waals surface area contributed by atoms with Crippen molar-refractivity contribution in [3.8, 4) is 11.5 Å². The van der Waals surface area contributed by atoms with E-state index in [-0.39, 0.29) is 24.7 Å². The van der Waals surface area contributed by atoms with Crippen molar-refractivity contribution in [1.82, 2.24) is 10.6 Å². The molecule has 8 heteroatoms. The summed E-state index contributed by atoms with van der Waals surface area (Å²) in [7, 11) is 0. The monoisotopic (exact) mass is 444 g/mol. The molecule has 0 aliphatic rings. The third kappa shape index (κ3) is 8.47. The number of alkyl carbamates (subject to hydrolysis) is 1. The molecule has 0 saturated heterocycles. The molecule has 2 amide bonds. The van der Waals surface area contributed by atoms with Crippen LogP contribution < -0.4 is 10.6 Å². The summed E-state index contributed by atoms with van der Waals surface area (Å²) in [5.74, 6) is -0.843. The van der Waals surface area contributed by atoms with Crippen molar-refractivity contribution in [2.45, 2.75) is 58.5 Å². The van der Waals surface area contributed by atoms with Gasteiger partial charge in [-0.05, 0) is 57.4 Å². The Morgan fingerprint density at radius 3 is 2.31 bits per heavy atom. The Balaban J connectivity index is 1.99. The number of phenolic OH excluding ortho intramolecular Hbond substituents is 2. The van der Waals surface area contributed by atoms with E-state index in [2.05, 4.69) is 10.6 Å². The zero-order chi connectivity index (χ0) is 23.7. The molecule has 2 atom stereocenters. The normalized spacial score (nSPS) is 13.1. The summed E-state index contributed by atoms with van der Waals surface area (Å²) >= 11 is 0. The van der Waals surface area contributed by atoms with Crippen LogP contribution in [0.25, 0.3) is 0 Å². The first-order valence-corrected chi connectivity index (χ1v) is 10.5. The molecule has 2 aromatic carbocycles. The largest absolute Gasteiger partial charge is 0.504 e. The first-order valence-electron chi connectivity index (χ1n) is 10.5. The molecule has 0 aromatic heterocycles. The van der Waals surface area contributed by atoms with E-state index in [1.165, 1.54) is 12.1 Å². The van der Waals surface area contributed by atoms with E-state index in [1.807, 2.05) is 30.3 Å². The molecule has 0 aliphatic heterocycles. The molecule has 8 nitrogen and oxygen atoms in total. The summed E-state index contributed by atoms with van der Waals surface area (Å²) in [6, 6.07) is 13.0. The molecule has 2 rings (SSSR count). The number of carbonyl (C=O) groups is 2. The van der Waals surface area contributed by atoms with Crippen LogP contribution in [0, 0.1) is 0 Å². The van der Waals surface area contributed by atoms with Gasteiger partial charge in [0.1, 0.15) is 11.6 Å². The topological polar surface area (TPSA) is 117 Å². The van der Waals surface area contributed by atoms with Crippen molar-refractivity contribution in [3.63, 3.8) is 0 Å². The fourth-order valence-electron chi connectivity index (χ4n) is 2.89. The van der Waals surface area contributed by atoms with Crippen molar-refractivity contribution in [2.75, 3.05) is 6.54 Å². The molecule has 0 aliphatic carbocycles. The number of nitrogens with one attached hydrogen (secondary N) is 2. The highest BCUT2D eigenvalue weighted by Gasteiger charge is 2.29. The minimum absolute atomic E-state index is 0.205. The van der Waals surface area contributed by atoms with Crippen LogP contribution in [-0.2, 0) is 27.3 Å². The standard InChI is InChI=1S/C24H32N2O6/c1-16(31-15-18-8-6-5-7-9-18)21(26-23(30)32-24(2,3)4)22(29)25-13-12-17-10-11-19(27)20(28)14-17/h5-11,14,16,21,27-28H,12-13,15H2,1-4H3,(H,25,29)(H,26,30)/t16-,21+/m1/s1. The van der Waals surface area contributed by atoms with E-state index >= 15 is 0 Å². The van der Waals surface area contributed by atoms with Crippen LogP contribution in [0.15, 0.2) is 48.5 Å². The first-order chi connectivity index (χ1) is 15.0. The predicted octanol–water partition coefficient (Wildman–Crippen LogP) is 3.26. The Bertz CT molecular complexity index is 895. The van der Waals surface area contributed by atoms with E-state index in [1.54, 1.807) is 33.8 Å². The Morgan fingerprint density at radius 1 is 1.00 bits per heavy atom. The molecule has 0 unspecified atom stereocenters. The van der Waals surface area contributed by atoms with Crippen molar-refractivity contribution in [1.29, 1.82) is 0 Å². The van der Waals surface area contributed by atoms with Crippen LogP contribution in [0.2, 0.25) is 0 Å². The second kappa shape index (κ2) is 11.4. The zero-order valence-electron chi connectivity index (χ0n) is 18.9. The van der Waals surface area contributed by atoms with Gasteiger partial charge in [0, 0.05) is 6.54 Å². The highest BCUT2D eigenvalue weighted by molar-refractivity contribution is 5.86. The summed E-state index contributed by atoms with van der Waals surface area (Å²) < 4.78 is 11.1. The zero-order valence-corrected chi connectivity index (χ0v) is 18.9. The number of ether oxygens (including phenoxy) is 2. The van der Waals surface area contributed by atoms with Crippen molar-refractivity contribution in [2.24, 2.45) is 0 Å². The molecule has 0 fully saturated rings. The van der Waals surface area contributed by atoms with Gasteiger partial charge in [0.25, 0.3) is 0 Å². The molecule has 32 heavy (non-hydrogen) atoms. The quantitative estimate of drug-likeness (QED) is 0.441. The number of aromatic hydroxyl groups is 2. The highest BCUT2D eigenvalue weighted by atomic mass is 16.6. The molecule has 0 heterocycles. The molecule has 0 bridgehead atoms. The number of rotatable bonds is 9. The molecule has 0 saturated carbocycles. The van der Waals surface area contributed by atoms with Crippen LogP contribution in [0.5, 0.6) is 11.5 Å². The lowest BCUT2D eigenvalue weighted by Crippen LogP contribution is -2.54. The number of carbonyl (C=O) groups excluding carboxylic acids is 2. The Hall–Kier alpha value is -3.26. The van der Waals surface area contributed by atoms with E-state index in [0.717, 1.165) is 11.1 Å². The molecule has 0 radical (unpaired) electrons. The molecule has 174 valence electrons. The van der Waals surface area contributed by atoms with Gasteiger partial charge in [-0.1, -0.05) is 36.4 Å². The minimum atomic E-state index is -0.971. The fourth-order valence-corrected chi connectivity index (χ4v) is 2.89. The maximum Gasteiger partial charge on any atom is 0.408 e. The summed E-state index contributed by atoms with van der Waals surface area (Å²) in [6.07, 6.45) is -0.908. The van der Waals surface area contributed by atoms with Gasteiger partial charge >= 0.3 is 6.09 Å². The lowest BCUT2D eigenvalue weighted by atomic mass is 10.1. The van der Waals surface area contributed by atoms with E-state index in [9.17, 15) is 19.8 Å². The van der Waals surface area contributed by atoms with Gasteiger partial charge in [-0.2, -0.15) is 0 Å². The Kier molecular flexibility index (Phi) is 8.90. The average molecular weight is 445 g/mol. The van der Waals surface area contributed by atoms with Gasteiger partial charge < -0.3 is 30.3 Å². The summed E-state index contributed by atoms with van der Waals surface area (Å²) in [4.78, 5) is 25.2. The van der Waals surface area contributed by atoms with Gasteiger partial charge in [-0.15, -0.1) is 0 Å². The van der Waals surface area contributed by atoms with Gasteiger partial charge in [-0.3, -0.25) is 4.79 Å². The van der Waals surface area contributed by atoms with Crippen LogP contribution in [-0.4, -0.2) is 46.5 Å². The van der Waals surface area contributed by atoms with E-state index < -0.39 is 29.7 Å². The van der Waals surface area contributed by atoms with Crippen LogP contribution >= 0.6 is 0 Å². The lowest BCUT2D eigenvalue weighted by molar-refractivity contribution is -0.127. The summed E-state index contributed by atoms with van der Waals surface area (Å²) in [6.45, 7) is 7.48. The first kappa shape index (κ1) is 25.0. The molecule has 4 N–H and O–H groups in total. The van der Waals surface area contributed by atoms with Crippen molar-refractivity contribution < 1.29 is 29.3 Å². The van der Waals surface area contributed by atoms with Crippen LogP contribution in [0.1, 0.15) is 38.8 Å². The maximum absolute atomic E-state index is 12.9.